The molecule has 1 aliphatic rings. The monoisotopic (exact) mass is 444 g/mol. The largest absolute Gasteiger partial charge is 0.481 e. The van der Waals surface area contributed by atoms with Crippen LogP contribution in [0, 0.1) is 0 Å². The number of benzene rings is 2. The van der Waals surface area contributed by atoms with E-state index in [2.05, 4.69) is 13.8 Å². The highest BCUT2D eigenvalue weighted by atomic mass is 32.2. The summed E-state index contributed by atoms with van der Waals surface area (Å²) in [5.41, 5.74) is 2.31. The number of amides is 1. The molecular weight excluding hydrogens is 412 g/mol. The van der Waals surface area contributed by atoms with Crippen LogP contribution < -0.4 is 4.74 Å². The Bertz CT molecular complexity index is 977. The van der Waals surface area contributed by atoms with Gasteiger partial charge in [0, 0.05) is 26.2 Å². The minimum absolute atomic E-state index is 0.128. The Morgan fingerprint density at radius 3 is 2.03 bits per heavy atom. The molecule has 2 aromatic rings. The van der Waals surface area contributed by atoms with Crippen LogP contribution in [0.2, 0.25) is 0 Å². The Hall–Kier alpha value is -2.38. The highest BCUT2D eigenvalue weighted by Crippen LogP contribution is 2.21. The number of aryl methyl sites for hydroxylation is 1. The van der Waals surface area contributed by atoms with Gasteiger partial charge in [0.1, 0.15) is 5.75 Å². The summed E-state index contributed by atoms with van der Waals surface area (Å²) in [6, 6.07) is 14.8. The Labute approximate surface area is 185 Å². The normalized spacial score (nSPS) is 16.4. The Balaban J connectivity index is 1.57. The van der Waals surface area contributed by atoms with Gasteiger partial charge in [-0.3, -0.25) is 4.79 Å². The Morgan fingerprint density at radius 1 is 0.935 bits per heavy atom. The third-order valence-electron chi connectivity index (χ3n) is 5.73. The van der Waals surface area contributed by atoms with Crippen molar-refractivity contribution >= 4 is 15.9 Å². The zero-order valence-corrected chi connectivity index (χ0v) is 19.6. The van der Waals surface area contributed by atoms with E-state index in [0.29, 0.717) is 29.7 Å². The van der Waals surface area contributed by atoms with Crippen LogP contribution >= 0.6 is 0 Å². The van der Waals surface area contributed by atoms with E-state index >= 15 is 0 Å². The van der Waals surface area contributed by atoms with Crippen LogP contribution in [0.1, 0.15) is 44.7 Å². The lowest BCUT2D eigenvalue weighted by Crippen LogP contribution is -2.53. The van der Waals surface area contributed by atoms with Crippen molar-refractivity contribution in [3.63, 3.8) is 0 Å². The van der Waals surface area contributed by atoms with Crippen molar-refractivity contribution < 1.29 is 17.9 Å². The third-order valence-corrected chi connectivity index (χ3v) is 7.64. The van der Waals surface area contributed by atoms with Crippen molar-refractivity contribution in [1.29, 1.82) is 0 Å². The van der Waals surface area contributed by atoms with E-state index in [9.17, 15) is 13.2 Å². The predicted octanol–water partition coefficient (Wildman–Crippen LogP) is 3.67. The van der Waals surface area contributed by atoms with Gasteiger partial charge < -0.3 is 9.64 Å². The fourth-order valence-corrected chi connectivity index (χ4v) is 5.06. The molecule has 0 aliphatic carbocycles. The number of hydrogen-bond donors (Lipinski definition) is 0. The van der Waals surface area contributed by atoms with Gasteiger partial charge in [0.05, 0.1) is 4.90 Å². The van der Waals surface area contributed by atoms with Gasteiger partial charge in [0.25, 0.3) is 5.91 Å². The molecule has 0 N–H and O–H groups in total. The van der Waals surface area contributed by atoms with Crippen LogP contribution in [-0.2, 0) is 21.2 Å². The lowest BCUT2D eigenvalue weighted by atomic mass is 10.0. The molecule has 6 nitrogen and oxygen atoms in total. The molecule has 1 amide bonds. The Morgan fingerprint density at radius 2 is 1.52 bits per heavy atom. The molecule has 31 heavy (non-hydrogen) atoms. The number of carbonyl (C=O) groups is 1. The van der Waals surface area contributed by atoms with Gasteiger partial charge in [-0.25, -0.2) is 8.42 Å². The average Bonchev–Trinajstić information content (AvgIpc) is 2.79. The topological polar surface area (TPSA) is 66.9 Å². The standard InChI is InChI=1S/C24H32N2O4S/c1-5-20-6-12-23(13-7-20)31(28,29)26-16-14-25(15-17-26)24(27)19(4)30-22-10-8-21(9-11-22)18(2)3/h6-13,18-19H,5,14-17H2,1-4H3. The molecule has 168 valence electrons. The summed E-state index contributed by atoms with van der Waals surface area (Å²) in [5, 5.41) is 0. The summed E-state index contributed by atoms with van der Waals surface area (Å²) in [4.78, 5) is 14.8. The van der Waals surface area contributed by atoms with E-state index in [1.807, 2.05) is 43.3 Å². The van der Waals surface area contributed by atoms with Gasteiger partial charge >= 0.3 is 0 Å². The van der Waals surface area contributed by atoms with E-state index in [1.54, 1.807) is 24.0 Å². The molecule has 3 rings (SSSR count). The highest BCUT2D eigenvalue weighted by Gasteiger charge is 2.32. The quantitative estimate of drug-likeness (QED) is 0.654. The molecule has 0 bridgehead atoms. The van der Waals surface area contributed by atoms with E-state index in [0.717, 1.165) is 12.0 Å². The van der Waals surface area contributed by atoms with Crippen molar-refractivity contribution in [1.82, 2.24) is 9.21 Å². The molecule has 0 saturated carbocycles. The van der Waals surface area contributed by atoms with Crippen LogP contribution in [0.4, 0.5) is 0 Å². The first-order valence-electron chi connectivity index (χ1n) is 10.9. The smallest absolute Gasteiger partial charge is 0.263 e. The van der Waals surface area contributed by atoms with Crippen molar-refractivity contribution in [2.75, 3.05) is 26.2 Å². The third kappa shape index (κ3) is 5.46. The van der Waals surface area contributed by atoms with Crippen LogP contribution in [0.25, 0.3) is 0 Å². The summed E-state index contributed by atoms with van der Waals surface area (Å²) in [6.07, 6.45) is 0.234. The number of rotatable bonds is 7. The second-order valence-corrected chi connectivity index (χ2v) is 10.1. The molecule has 0 spiro atoms. The van der Waals surface area contributed by atoms with Crippen LogP contribution in [-0.4, -0.2) is 55.8 Å². The molecule has 1 fully saturated rings. The molecule has 1 atom stereocenters. The summed E-state index contributed by atoms with van der Waals surface area (Å²) in [7, 11) is -3.55. The first-order chi connectivity index (χ1) is 14.7. The molecule has 2 aromatic carbocycles. The fraction of sp³-hybridized carbons (Fsp3) is 0.458. The number of sulfonamides is 1. The van der Waals surface area contributed by atoms with Crippen molar-refractivity contribution in [3.8, 4) is 5.75 Å². The molecule has 0 radical (unpaired) electrons. The SMILES string of the molecule is CCc1ccc(S(=O)(=O)N2CCN(C(=O)C(C)Oc3ccc(C(C)C)cc3)CC2)cc1. The molecule has 0 aromatic heterocycles. The lowest BCUT2D eigenvalue weighted by molar-refractivity contribution is -0.139. The maximum absolute atomic E-state index is 12.9. The summed E-state index contributed by atoms with van der Waals surface area (Å²) < 4.78 is 33.1. The van der Waals surface area contributed by atoms with Crippen molar-refractivity contribution in [2.24, 2.45) is 0 Å². The van der Waals surface area contributed by atoms with Crippen LogP contribution in [0.15, 0.2) is 53.4 Å². The first-order valence-corrected chi connectivity index (χ1v) is 12.3. The van der Waals surface area contributed by atoms with E-state index in [4.69, 9.17) is 4.74 Å². The molecular formula is C24H32N2O4S. The summed E-state index contributed by atoms with van der Waals surface area (Å²) >= 11 is 0. The number of nitrogens with zero attached hydrogens (tertiary/aromatic N) is 2. The van der Waals surface area contributed by atoms with Gasteiger partial charge in [0.15, 0.2) is 6.10 Å². The fourth-order valence-electron chi connectivity index (χ4n) is 3.64. The van der Waals surface area contributed by atoms with Crippen LogP contribution in [0.5, 0.6) is 5.75 Å². The van der Waals surface area contributed by atoms with Gasteiger partial charge in [-0.2, -0.15) is 4.31 Å². The molecule has 1 aliphatic heterocycles. The lowest BCUT2D eigenvalue weighted by Gasteiger charge is -2.35. The van der Waals surface area contributed by atoms with Gasteiger partial charge in [0.2, 0.25) is 10.0 Å². The maximum Gasteiger partial charge on any atom is 0.263 e. The number of carbonyl (C=O) groups excluding carboxylic acids is 1. The second-order valence-electron chi connectivity index (χ2n) is 8.21. The van der Waals surface area contributed by atoms with E-state index in [1.165, 1.54) is 9.87 Å². The second kappa shape index (κ2) is 9.83. The predicted molar refractivity (Wildman–Crippen MR) is 122 cm³/mol. The highest BCUT2D eigenvalue weighted by molar-refractivity contribution is 7.89. The van der Waals surface area contributed by atoms with Crippen LogP contribution in [0.3, 0.4) is 0 Å². The van der Waals surface area contributed by atoms with Gasteiger partial charge in [-0.1, -0.05) is 45.0 Å². The van der Waals surface area contributed by atoms with E-state index < -0.39 is 16.1 Å². The minimum Gasteiger partial charge on any atom is -0.481 e. The Kier molecular flexibility index (Phi) is 7.38. The number of hydrogen-bond acceptors (Lipinski definition) is 4. The minimum atomic E-state index is -3.55. The van der Waals surface area contributed by atoms with E-state index in [-0.39, 0.29) is 19.0 Å². The van der Waals surface area contributed by atoms with Crippen molar-refractivity contribution in [3.05, 3.63) is 59.7 Å². The summed E-state index contributed by atoms with van der Waals surface area (Å²) in [6.45, 7) is 9.28. The first kappa shape index (κ1) is 23.3. The molecule has 7 heteroatoms. The van der Waals surface area contributed by atoms with Gasteiger partial charge in [-0.15, -0.1) is 0 Å². The summed E-state index contributed by atoms with van der Waals surface area (Å²) in [5.74, 6) is 0.963. The zero-order chi connectivity index (χ0) is 22.6. The number of piperazine rings is 1. The van der Waals surface area contributed by atoms with Gasteiger partial charge in [-0.05, 0) is 54.7 Å². The number of ether oxygens (including phenoxy) is 1. The van der Waals surface area contributed by atoms with Crippen molar-refractivity contribution in [2.45, 2.75) is 51.0 Å². The maximum atomic E-state index is 12.9. The molecule has 1 saturated heterocycles. The molecule has 1 heterocycles. The zero-order valence-electron chi connectivity index (χ0n) is 18.7. The molecule has 1 unspecified atom stereocenters. The average molecular weight is 445 g/mol.